The highest BCUT2D eigenvalue weighted by Crippen LogP contribution is 2.44. The van der Waals surface area contributed by atoms with Gasteiger partial charge in [-0.15, -0.1) is 11.3 Å². The van der Waals surface area contributed by atoms with Crippen molar-refractivity contribution in [1.82, 2.24) is 9.97 Å². The van der Waals surface area contributed by atoms with E-state index in [4.69, 9.17) is 4.74 Å². The van der Waals surface area contributed by atoms with Crippen molar-refractivity contribution < 1.29 is 27.8 Å². The quantitative estimate of drug-likeness (QED) is 0.813. The zero-order valence-corrected chi connectivity index (χ0v) is 14.2. The van der Waals surface area contributed by atoms with E-state index in [1.54, 1.807) is 13.0 Å². The van der Waals surface area contributed by atoms with E-state index >= 15 is 0 Å². The Morgan fingerprint density at radius 1 is 1.50 bits per heavy atom. The first-order valence-electron chi connectivity index (χ1n) is 7.46. The van der Waals surface area contributed by atoms with Crippen LogP contribution in [0.25, 0.3) is 0 Å². The molecule has 0 saturated heterocycles. The molecule has 1 aliphatic rings. The summed E-state index contributed by atoms with van der Waals surface area (Å²) in [6.07, 6.45) is -2.98. The third-order valence-electron chi connectivity index (χ3n) is 3.59. The minimum atomic E-state index is -5.00. The van der Waals surface area contributed by atoms with Crippen LogP contribution in [-0.2, 0) is 4.74 Å². The summed E-state index contributed by atoms with van der Waals surface area (Å²) in [7, 11) is 0. The Balaban J connectivity index is 2.01. The molecule has 1 atom stereocenters. The van der Waals surface area contributed by atoms with Crippen LogP contribution in [0.1, 0.15) is 29.4 Å². The fourth-order valence-corrected chi connectivity index (χ4v) is 3.13. The van der Waals surface area contributed by atoms with Gasteiger partial charge in [-0.25, -0.2) is 9.78 Å². The second kappa shape index (κ2) is 6.65. The van der Waals surface area contributed by atoms with E-state index < -0.39 is 24.3 Å². The molecule has 3 heterocycles. The van der Waals surface area contributed by atoms with Gasteiger partial charge in [0, 0.05) is 23.3 Å². The Kier molecular flexibility index (Phi) is 4.67. The van der Waals surface area contributed by atoms with E-state index in [1.165, 1.54) is 23.8 Å². The zero-order chi connectivity index (χ0) is 18.9. The maximum Gasteiger partial charge on any atom is 0.438 e. The maximum atomic E-state index is 13.6. The van der Waals surface area contributed by atoms with Gasteiger partial charge >= 0.3 is 12.1 Å². The molecule has 2 aromatic heterocycles. The molecule has 0 aromatic carbocycles. The first kappa shape index (κ1) is 18.3. The van der Waals surface area contributed by atoms with Gasteiger partial charge in [-0.05, 0) is 13.0 Å². The van der Waals surface area contributed by atoms with Gasteiger partial charge in [0.15, 0.2) is 5.69 Å². The first-order valence-corrected chi connectivity index (χ1v) is 8.34. The zero-order valence-electron chi connectivity index (χ0n) is 13.4. The molecule has 1 aliphatic heterocycles. The molecule has 0 fully saturated rings. The third-order valence-corrected chi connectivity index (χ3v) is 4.41. The lowest BCUT2D eigenvalue weighted by molar-refractivity contribution is -0.254. The van der Waals surface area contributed by atoms with Gasteiger partial charge in [0.05, 0.1) is 18.7 Å². The van der Waals surface area contributed by atoms with Crippen molar-refractivity contribution in [2.75, 3.05) is 11.6 Å². The lowest BCUT2D eigenvalue weighted by Gasteiger charge is -2.32. The average molecular weight is 386 g/mol. The smallest absolute Gasteiger partial charge is 0.438 e. The number of carbonyl (C=O) groups is 1. The van der Waals surface area contributed by atoms with Crippen molar-refractivity contribution >= 4 is 28.1 Å². The van der Waals surface area contributed by atoms with Crippen molar-refractivity contribution in [2.24, 2.45) is 5.10 Å². The van der Waals surface area contributed by atoms with Gasteiger partial charge < -0.3 is 9.84 Å². The van der Waals surface area contributed by atoms with E-state index in [9.17, 15) is 23.1 Å². The summed E-state index contributed by atoms with van der Waals surface area (Å²) in [6.45, 7) is 1.70. The van der Waals surface area contributed by atoms with Crippen LogP contribution < -0.4 is 5.01 Å². The number of esters is 1. The number of hydrazone groups is 1. The van der Waals surface area contributed by atoms with Crippen LogP contribution in [-0.4, -0.2) is 45.3 Å². The topological polar surface area (TPSA) is 87.9 Å². The second-order valence-corrected chi connectivity index (χ2v) is 6.16. The Labute approximate surface area is 149 Å². The van der Waals surface area contributed by atoms with E-state index in [0.29, 0.717) is 10.6 Å². The molecule has 0 amide bonds. The van der Waals surface area contributed by atoms with E-state index in [2.05, 4.69) is 15.1 Å². The van der Waals surface area contributed by atoms with Crippen molar-refractivity contribution in [2.45, 2.75) is 25.2 Å². The molecule has 1 N–H and O–H groups in total. The number of pyridine rings is 1. The fourth-order valence-electron chi connectivity index (χ4n) is 2.32. The predicted molar refractivity (Wildman–Crippen MR) is 86.9 cm³/mol. The average Bonchev–Trinajstić information content (AvgIpc) is 3.20. The van der Waals surface area contributed by atoms with Crippen LogP contribution in [0.4, 0.5) is 18.3 Å². The predicted octanol–water partition coefficient (Wildman–Crippen LogP) is 2.58. The Morgan fingerprint density at radius 3 is 2.88 bits per heavy atom. The number of carbonyl (C=O) groups excluding carboxylic acids is 1. The second-order valence-electron chi connectivity index (χ2n) is 5.33. The summed E-state index contributed by atoms with van der Waals surface area (Å²) in [4.78, 5) is 19.4. The number of aromatic nitrogens is 2. The molecule has 0 spiro atoms. The molecular weight excluding hydrogens is 373 g/mol. The monoisotopic (exact) mass is 386 g/mol. The van der Waals surface area contributed by atoms with Crippen LogP contribution in [0.3, 0.4) is 0 Å². The summed E-state index contributed by atoms with van der Waals surface area (Å²) in [6, 6.07) is 3.09. The van der Waals surface area contributed by atoms with Gasteiger partial charge in [0.25, 0.3) is 5.72 Å². The molecule has 7 nitrogen and oxygen atoms in total. The van der Waals surface area contributed by atoms with Gasteiger partial charge in [0.2, 0.25) is 5.13 Å². The molecule has 2 aromatic rings. The number of hydrogen-bond donors (Lipinski definition) is 1. The summed E-state index contributed by atoms with van der Waals surface area (Å²) in [5.41, 5.74) is -3.07. The number of nitrogens with zero attached hydrogens (tertiary/aromatic N) is 4. The SMILES string of the molecule is CCOC(=O)c1csc(N2N=C(c3cccnc3)C[C@]2(O)C(F)(F)F)n1. The van der Waals surface area contributed by atoms with Crippen LogP contribution >= 0.6 is 11.3 Å². The number of thiazole rings is 1. The van der Waals surface area contributed by atoms with Crippen LogP contribution in [0, 0.1) is 0 Å². The standard InChI is InChI=1S/C15H13F3N4O3S/c1-2-25-12(23)11-8-26-13(20-11)22-14(24,15(16,17)18)6-10(21-22)9-4-3-5-19-7-9/h3-5,7-8,24H,2,6H2,1H3/t14-/m0/s1. The maximum absolute atomic E-state index is 13.6. The Bertz CT molecular complexity index is 840. The van der Waals surface area contributed by atoms with Crippen molar-refractivity contribution in [3.63, 3.8) is 0 Å². The molecule has 3 rings (SSSR count). The highest BCUT2D eigenvalue weighted by Gasteiger charge is 2.62. The Morgan fingerprint density at radius 2 is 2.27 bits per heavy atom. The molecular formula is C15H13F3N4O3S. The number of halogens is 3. The van der Waals surface area contributed by atoms with Gasteiger partial charge in [-0.2, -0.15) is 23.3 Å². The number of alkyl halides is 3. The summed E-state index contributed by atoms with van der Waals surface area (Å²) >= 11 is 0.748. The largest absolute Gasteiger partial charge is 0.461 e. The Hall–Kier alpha value is -2.53. The van der Waals surface area contributed by atoms with Crippen LogP contribution in [0.15, 0.2) is 35.0 Å². The fraction of sp³-hybridized carbons (Fsp3) is 0.333. The molecule has 0 radical (unpaired) electrons. The summed E-state index contributed by atoms with van der Waals surface area (Å²) in [5.74, 6) is -0.763. The van der Waals surface area contributed by atoms with Gasteiger partial charge in [-0.3, -0.25) is 4.98 Å². The lowest BCUT2D eigenvalue weighted by atomic mass is 10.0. The number of aliphatic hydroxyl groups is 1. The van der Waals surface area contributed by atoms with Gasteiger partial charge in [-0.1, -0.05) is 6.07 Å². The van der Waals surface area contributed by atoms with Crippen molar-refractivity contribution in [3.8, 4) is 0 Å². The molecule has 26 heavy (non-hydrogen) atoms. The van der Waals surface area contributed by atoms with Crippen molar-refractivity contribution in [1.29, 1.82) is 0 Å². The number of hydrogen-bond acceptors (Lipinski definition) is 8. The summed E-state index contributed by atoms with van der Waals surface area (Å²) < 4.78 is 45.5. The number of ether oxygens (including phenoxy) is 1. The van der Waals surface area contributed by atoms with Crippen LogP contribution in [0.2, 0.25) is 0 Å². The normalized spacial score (nSPS) is 20.2. The molecule has 138 valence electrons. The third kappa shape index (κ3) is 3.15. The lowest BCUT2D eigenvalue weighted by Crippen LogP contribution is -2.55. The van der Waals surface area contributed by atoms with Crippen LogP contribution in [0.5, 0.6) is 0 Å². The highest BCUT2D eigenvalue weighted by atomic mass is 32.1. The summed E-state index contributed by atoms with van der Waals surface area (Å²) in [5, 5.41) is 15.6. The molecule has 0 unspecified atom stereocenters. The van der Waals surface area contributed by atoms with Crippen molar-refractivity contribution in [3.05, 3.63) is 41.2 Å². The first-order chi connectivity index (χ1) is 12.3. The highest BCUT2D eigenvalue weighted by molar-refractivity contribution is 7.14. The molecule has 11 heteroatoms. The molecule has 0 aliphatic carbocycles. The van der Waals surface area contributed by atoms with Gasteiger partial charge in [0.1, 0.15) is 0 Å². The molecule has 0 saturated carbocycles. The van der Waals surface area contributed by atoms with E-state index in [1.807, 2.05) is 0 Å². The molecule has 0 bridgehead atoms. The number of rotatable bonds is 4. The number of anilines is 1. The van der Waals surface area contributed by atoms with E-state index in [0.717, 1.165) is 11.3 Å². The minimum Gasteiger partial charge on any atom is -0.461 e. The minimum absolute atomic E-state index is 0.00538. The van der Waals surface area contributed by atoms with E-state index in [-0.39, 0.29) is 23.1 Å².